The number of aryl methyl sites for hydroxylation is 1. The lowest BCUT2D eigenvalue weighted by molar-refractivity contribution is 0.0946. The number of piperazine rings is 1. The molecule has 0 spiro atoms. The number of likely N-dealkylation sites (N-methyl/N-ethyl adjacent to an activating group) is 1. The number of amides is 1. The van der Waals surface area contributed by atoms with Crippen LogP contribution in [0.4, 0.5) is 5.13 Å². The predicted octanol–water partition coefficient (Wildman–Crippen LogP) is 2.13. The number of thiazole rings is 1. The van der Waals surface area contributed by atoms with Crippen LogP contribution in [0.25, 0.3) is 0 Å². The van der Waals surface area contributed by atoms with Gasteiger partial charge in [0.1, 0.15) is 5.69 Å². The molecule has 1 aromatic heterocycles. The van der Waals surface area contributed by atoms with E-state index < -0.39 is 0 Å². The zero-order valence-electron chi connectivity index (χ0n) is 13.6. The molecule has 0 saturated carbocycles. The topological polar surface area (TPSA) is 48.5 Å². The van der Waals surface area contributed by atoms with Crippen molar-refractivity contribution >= 4 is 22.4 Å². The molecule has 0 atom stereocenters. The highest BCUT2D eigenvalue weighted by atomic mass is 32.1. The molecule has 5 nitrogen and oxygen atoms in total. The van der Waals surface area contributed by atoms with Crippen molar-refractivity contribution in [2.45, 2.75) is 13.5 Å². The zero-order valence-corrected chi connectivity index (χ0v) is 14.4. The van der Waals surface area contributed by atoms with Crippen LogP contribution in [-0.2, 0) is 6.54 Å². The van der Waals surface area contributed by atoms with Gasteiger partial charge in [0, 0.05) is 38.1 Å². The molecular weight excluding hydrogens is 308 g/mol. The number of carbonyl (C=O) groups is 1. The highest BCUT2D eigenvalue weighted by molar-refractivity contribution is 7.13. The smallest absolute Gasteiger partial charge is 0.271 e. The van der Waals surface area contributed by atoms with Crippen molar-refractivity contribution in [2.75, 3.05) is 38.1 Å². The third-order valence-electron chi connectivity index (χ3n) is 4.03. The van der Waals surface area contributed by atoms with Gasteiger partial charge in [-0.1, -0.05) is 29.8 Å². The Morgan fingerprint density at radius 2 is 2.09 bits per heavy atom. The Bertz CT molecular complexity index is 677. The Balaban J connectivity index is 1.58. The first-order valence-electron chi connectivity index (χ1n) is 7.84. The van der Waals surface area contributed by atoms with Crippen LogP contribution in [0.1, 0.15) is 21.6 Å². The van der Waals surface area contributed by atoms with Crippen molar-refractivity contribution in [2.24, 2.45) is 0 Å². The van der Waals surface area contributed by atoms with Crippen molar-refractivity contribution in [1.29, 1.82) is 0 Å². The van der Waals surface area contributed by atoms with Crippen molar-refractivity contribution in [3.63, 3.8) is 0 Å². The minimum Gasteiger partial charge on any atom is -0.347 e. The Morgan fingerprint density at radius 3 is 2.83 bits per heavy atom. The zero-order chi connectivity index (χ0) is 16.2. The summed E-state index contributed by atoms with van der Waals surface area (Å²) >= 11 is 1.55. The van der Waals surface area contributed by atoms with Crippen LogP contribution in [0.3, 0.4) is 0 Å². The van der Waals surface area contributed by atoms with Crippen molar-refractivity contribution < 1.29 is 4.79 Å². The molecule has 1 aromatic carbocycles. The van der Waals surface area contributed by atoms with Gasteiger partial charge in [-0.3, -0.25) is 4.79 Å². The first-order valence-corrected chi connectivity index (χ1v) is 8.72. The number of nitrogens with zero attached hydrogens (tertiary/aromatic N) is 3. The van der Waals surface area contributed by atoms with E-state index in [2.05, 4.69) is 33.2 Å². The second kappa shape index (κ2) is 7.10. The molecule has 0 aliphatic carbocycles. The Morgan fingerprint density at radius 1 is 1.30 bits per heavy atom. The molecule has 1 N–H and O–H groups in total. The maximum absolute atomic E-state index is 12.3. The lowest BCUT2D eigenvalue weighted by atomic mass is 10.1. The second-order valence-electron chi connectivity index (χ2n) is 5.98. The van der Waals surface area contributed by atoms with Crippen LogP contribution in [0.15, 0.2) is 29.6 Å². The van der Waals surface area contributed by atoms with Crippen molar-refractivity contribution in [3.8, 4) is 0 Å². The summed E-state index contributed by atoms with van der Waals surface area (Å²) in [5, 5.41) is 5.73. The summed E-state index contributed by atoms with van der Waals surface area (Å²) in [7, 11) is 2.13. The molecule has 122 valence electrons. The standard InChI is InChI=1S/C17H22N4OS/c1-13-4-3-5-14(10-13)11-18-16(22)15-12-23-17(19-15)21-8-6-20(2)7-9-21/h3-5,10,12H,6-9,11H2,1-2H3,(H,18,22). The maximum atomic E-state index is 12.3. The maximum Gasteiger partial charge on any atom is 0.271 e. The summed E-state index contributed by atoms with van der Waals surface area (Å²) in [5.74, 6) is -0.108. The Hall–Kier alpha value is -1.92. The van der Waals surface area contributed by atoms with E-state index in [0.717, 1.165) is 36.9 Å². The van der Waals surface area contributed by atoms with Crippen LogP contribution in [0.5, 0.6) is 0 Å². The fourth-order valence-electron chi connectivity index (χ4n) is 2.61. The van der Waals surface area contributed by atoms with E-state index in [0.29, 0.717) is 12.2 Å². The first-order chi connectivity index (χ1) is 11.1. The monoisotopic (exact) mass is 330 g/mol. The van der Waals surface area contributed by atoms with E-state index in [1.807, 2.05) is 30.5 Å². The van der Waals surface area contributed by atoms with Crippen LogP contribution in [0, 0.1) is 6.92 Å². The minimum absolute atomic E-state index is 0.108. The number of nitrogens with one attached hydrogen (secondary N) is 1. The van der Waals surface area contributed by atoms with Gasteiger partial charge in [-0.25, -0.2) is 4.98 Å². The average molecular weight is 330 g/mol. The first kappa shape index (κ1) is 16.0. The van der Waals surface area contributed by atoms with Gasteiger partial charge in [-0.15, -0.1) is 11.3 Å². The summed E-state index contributed by atoms with van der Waals surface area (Å²) in [6.07, 6.45) is 0. The third kappa shape index (κ3) is 4.09. The summed E-state index contributed by atoms with van der Waals surface area (Å²) < 4.78 is 0. The molecule has 1 amide bonds. The normalized spacial score (nSPS) is 15.7. The molecular formula is C17H22N4OS. The number of aromatic nitrogens is 1. The number of anilines is 1. The number of benzene rings is 1. The average Bonchev–Trinajstić information content (AvgIpc) is 3.03. The Kier molecular flexibility index (Phi) is 4.93. The lowest BCUT2D eigenvalue weighted by Crippen LogP contribution is -2.44. The van der Waals surface area contributed by atoms with Crippen LogP contribution < -0.4 is 10.2 Å². The molecule has 23 heavy (non-hydrogen) atoms. The van der Waals surface area contributed by atoms with E-state index in [1.54, 1.807) is 11.3 Å². The van der Waals surface area contributed by atoms with E-state index in [1.165, 1.54) is 5.56 Å². The molecule has 2 aromatic rings. The van der Waals surface area contributed by atoms with E-state index in [4.69, 9.17) is 0 Å². The molecule has 1 aliphatic rings. The van der Waals surface area contributed by atoms with Gasteiger partial charge >= 0.3 is 0 Å². The summed E-state index contributed by atoms with van der Waals surface area (Å²) in [4.78, 5) is 21.3. The van der Waals surface area contributed by atoms with Gasteiger partial charge in [-0.2, -0.15) is 0 Å². The van der Waals surface area contributed by atoms with Crippen LogP contribution in [-0.4, -0.2) is 49.0 Å². The van der Waals surface area contributed by atoms with Crippen molar-refractivity contribution in [1.82, 2.24) is 15.2 Å². The van der Waals surface area contributed by atoms with Crippen LogP contribution in [0.2, 0.25) is 0 Å². The van der Waals surface area contributed by atoms with Gasteiger partial charge in [0.2, 0.25) is 0 Å². The highest BCUT2D eigenvalue weighted by Gasteiger charge is 2.18. The quantitative estimate of drug-likeness (QED) is 0.933. The largest absolute Gasteiger partial charge is 0.347 e. The van der Waals surface area contributed by atoms with Gasteiger partial charge in [0.15, 0.2) is 5.13 Å². The molecule has 2 heterocycles. The third-order valence-corrected chi connectivity index (χ3v) is 4.94. The van der Waals surface area contributed by atoms with Gasteiger partial charge in [-0.05, 0) is 19.5 Å². The van der Waals surface area contributed by atoms with Gasteiger partial charge in [0.05, 0.1) is 0 Å². The Labute approximate surface area is 140 Å². The highest BCUT2D eigenvalue weighted by Crippen LogP contribution is 2.21. The predicted molar refractivity (Wildman–Crippen MR) is 94.2 cm³/mol. The molecule has 0 unspecified atom stereocenters. The minimum atomic E-state index is -0.108. The SMILES string of the molecule is Cc1cccc(CNC(=O)c2csc(N3CCN(C)CC3)n2)c1. The van der Waals surface area contributed by atoms with Crippen molar-refractivity contribution in [3.05, 3.63) is 46.5 Å². The number of hydrogen-bond acceptors (Lipinski definition) is 5. The van der Waals surface area contributed by atoms with E-state index in [9.17, 15) is 4.79 Å². The molecule has 3 rings (SSSR count). The lowest BCUT2D eigenvalue weighted by Gasteiger charge is -2.32. The van der Waals surface area contributed by atoms with Gasteiger partial charge in [0.25, 0.3) is 5.91 Å². The van der Waals surface area contributed by atoms with Crippen LogP contribution >= 0.6 is 11.3 Å². The fourth-order valence-corrected chi connectivity index (χ4v) is 3.47. The molecule has 0 bridgehead atoms. The van der Waals surface area contributed by atoms with E-state index in [-0.39, 0.29) is 5.91 Å². The molecule has 1 saturated heterocycles. The molecule has 6 heteroatoms. The molecule has 1 fully saturated rings. The summed E-state index contributed by atoms with van der Waals surface area (Å²) in [6, 6.07) is 8.15. The van der Waals surface area contributed by atoms with E-state index >= 15 is 0 Å². The number of hydrogen-bond donors (Lipinski definition) is 1. The second-order valence-corrected chi connectivity index (χ2v) is 6.81. The van der Waals surface area contributed by atoms with Gasteiger partial charge < -0.3 is 15.1 Å². The molecule has 1 aliphatic heterocycles. The molecule has 0 radical (unpaired) electrons. The summed E-state index contributed by atoms with van der Waals surface area (Å²) in [6.45, 7) is 6.58. The number of rotatable bonds is 4. The fraction of sp³-hybridized carbons (Fsp3) is 0.412. The number of carbonyl (C=O) groups excluding carboxylic acids is 1. The summed E-state index contributed by atoms with van der Waals surface area (Å²) in [5.41, 5.74) is 2.81.